The number of carbonyl (C=O) groups is 1. The monoisotopic (exact) mass is 256 g/mol. The van der Waals surface area contributed by atoms with Gasteiger partial charge in [-0.1, -0.05) is 11.6 Å². The molecule has 0 aromatic carbocycles. The summed E-state index contributed by atoms with van der Waals surface area (Å²) in [7, 11) is 1.61. The van der Waals surface area contributed by atoms with E-state index in [-0.39, 0.29) is 5.15 Å². The zero-order valence-electron chi connectivity index (χ0n) is 10.7. The van der Waals surface area contributed by atoms with Crippen LogP contribution in [0.5, 0.6) is 0 Å². The molecule has 0 spiro atoms. The van der Waals surface area contributed by atoms with E-state index in [0.717, 1.165) is 5.56 Å². The van der Waals surface area contributed by atoms with Gasteiger partial charge in [0.15, 0.2) is 5.15 Å². The Morgan fingerprint density at radius 1 is 1.47 bits per heavy atom. The van der Waals surface area contributed by atoms with Crippen molar-refractivity contribution in [3.8, 4) is 0 Å². The zero-order valence-corrected chi connectivity index (χ0v) is 11.5. The normalized spacial score (nSPS) is 11.2. The third-order valence-electron chi connectivity index (χ3n) is 1.99. The number of aromatic nitrogens is 1. The van der Waals surface area contributed by atoms with Crippen molar-refractivity contribution < 1.29 is 9.53 Å². The van der Waals surface area contributed by atoms with Crippen molar-refractivity contribution in [2.45, 2.75) is 33.3 Å². The molecule has 0 radical (unpaired) electrons. The Bertz CT molecular complexity index is 427. The standard InChI is InChI=1S/C12H17ClN2O2/c1-8-6-9(10(13)14-7-8)15(5)11(16)17-12(2,3)4/h6-7H,1-5H3. The van der Waals surface area contributed by atoms with Gasteiger partial charge in [-0.15, -0.1) is 0 Å². The quantitative estimate of drug-likeness (QED) is 0.723. The van der Waals surface area contributed by atoms with Gasteiger partial charge in [-0.2, -0.15) is 0 Å². The lowest BCUT2D eigenvalue weighted by Gasteiger charge is -2.25. The van der Waals surface area contributed by atoms with E-state index in [4.69, 9.17) is 16.3 Å². The lowest BCUT2D eigenvalue weighted by atomic mass is 10.2. The number of rotatable bonds is 1. The number of nitrogens with zero attached hydrogens (tertiary/aromatic N) is 2. The van der Waals surface area contributed by atoms with E-state index in [1.165, 1.54) is 4.90 Å². The summed E-state index contributed by atoms with van der Waals surface area (Å²) in [5, 5.41) is 0.281. The van der Waals surface area contributed by atoms with Gasteiger partial charge in [0.05, 0.1) is 5.69 Å². The van der Waals surface area contributed by atoms with Crippen molar-refractivity contribution in [1.82, 2.24) is 4.98 Å². The van der Waals surface area contributed by atoms with Gasteiger partial charge in [0, 0.05) is 13.2 Å². The molecule has 4 nitrogen and oxygen atoms in total. The molecule has 0 atom stereocenters. The van der Waals surface area contributed by atoms with Gasteiger partial charge in [0.2, 0.25) is 0 Å². The van der Waals surface area contributed by atoms with Crippen LogP contribution in [0.15, 0.2) is 12.3 Å². The van der Waals surface area contributed by atoms with Gasteiger partial charge in [-0.25, -0.2) is 9.78 Å². The molecule has 1 amide bonds. The van der Waals surface area contributed by atoms with Crippen molar-refractivity contribution in [3.63, 3.8) is 0 Å². The Kier molecular flexibility index (Phi) is 3.98. The summed E-state index contributed by atoms with van der Waals surface area (Å²) in [6.45, 7) is 7.33. The minimum Gasteiger partial charge on any atom is -0.443 e. The van der Waals surface area contributed by atoms with Crippen LogP contribution < -0.4 is 4.90 Å². The molecule has 0 unspecified atom stereocenters. The highest BCUT2D eigenvalue weighted by Gasteiger charge is 2.22. The second kappa shape index (κ2) is 4.92. The SMILES string of the molecule is Cc1cnc(Cl)c(N(C)C(=O)OC(C)(C)C)c1. The van der Waals surface area contributed by atoms with Gasteiger partial charge < -0.3 is 4.74 Å². The highest BCUT2D eigenvalue weighted by atomic mass is 35.5. The van der Waals surface area contributed by atoms with Gasteiger partial charge in [0.25, 0.3) is 0 Å². The number of ether oxygens (including phenoxy) is 1. The third kappa shape index (κ3) is 3.89. The molecule has 1 heterocycles. The number of anilines is 1. The maximum Gasteiger partial charge on any atom is 0.414 e. The van der Waals surface area contributed by atoms with Crippen LogP contribution in [-0.2, 0) is 4.74 Å². The lowest BCUT2D eigenvalue weighted by molar-refractivity contribution is 0.0589. The molecule has 0 N–H and O–H groups in total. The molecule has 0 fully saturated rings. The summed E-state index contributed by atoms with van der Waals surface area (Å²) in [5.41, 5.74) is 0.940. The van der Waals surface area contributed by atoms with E-state index < -0.39 is 11.7 Å². The first-order valence-corrected chi connectivity index (χ1v) is 5.67. The molecular weight excluding hydrogens is 240 g/mol. The van der Waals surface area contributed by atoms with Crippen molar-refractivity contribution in [3.05, 3.63) is 23.0 Å². The van der Waals surface area contributed by atoms with Crippen LogP contribution in [-0.4, -0.2) is 23.7 Å². The number of pyridine rings is 1. The van der Waals surface area contributed by atoms with Crippen LogP contribution in [0.4, 0.5) is 10.5 Å². The second-order valence-electron chi connectivity index (χ2n) is 4.86. The maximum absolute atomic E-state index is 11.8. The number of hydrogen-bond acceptors (Lipinski definition) is 3. The van der Waals surface area contributed by atoms with Crippen LogP contribution in [0.1, 0.15) is 26.3 Å². The molecule has 0 aliphatic rings. The molecule has 1 aromatic rings. The third-order valence-corrected chi connectivity index (χ3v) is 2.28. The van der Waals surface area contributed by atoms with E-state index in [1.54, 1.807) is 19.3 Å². The molecule has 0 aliphatic heterocycles. The van der Waals surface area contributed by atoms with E-state index in [1.807, 2.05) is 27.7 Å². The van der Waals surface area contributed by atoms with Crippen molar-refractivity contribution in [1.29, 1.82) is 0 Å². The average Bonchev–Trinajstić information content (AvgIpc) is 2.18. The minimum atomic E-state index is -0.533. The molecule has 5 heteroatoms. The predicted octanol–water partition coefficient (Wildman–Crippen LogP) is 3.41. The van der Waals surface area contributed by atoms with E-state index >= 15 is 0 Å². The van der Waals surface area contributed by atoms with Gasteiger partial charge in [0.1, 0.15) is 5.60 Å². The summed E-state index contributed by atoms with van der Waals surface area (Å²) in [6, 6.07) is 1.79. The first-order chi connectivity index (χ1) is 7.70. The Balaban J connectivity index is 2.92. The van der Waals surface area contributed by atoms with Crippen LogP contribution >= 0.6 is 11.6 Å². The van der Waals surface area contributed by atoms with Crippen molar-refractivity contribution in [2.75, 3.05) is 11.9 Å². The van der Waals surface area contributed by atoms with Crippen LogP contribution in [0.3, 0.4) is 0 Å². The maximum atomic E-state index is 11.8. The number of carbonyl (C=O) groups excluding carboxylic acids is 1. The highest BCUT2D eigenvalue weighted by Crippen LogP contribution is 2.24. The summed E-state index contributed by atoms with van der Waals surface area (Å²) >= 11 is 5.95. The summed E-state index contributed by atoms with van der Waals surface area (Å²) in [4.78, 5) is 17.2. The van der Waals surface area contributed by atoms with Crippen LogP contribution in [0, 0.1) is 6.92 Å². The Morgan fingerprint density at radius 3 is 2.59 bits per heavy atom. The molecule has 94 valence electrons. The molecule has 0 aliphatic carbocycles. The fourth-order valence-electron chi connectivity index (χ4n) is 1.20. The molecular formula is C12H17ClN2O2. The van der Waals surface area contributed by atoms with Crippen LogP contribution in [0.2, 0.25) is 5.15 Å². The molecule has 0 saturated carbocycles. The van der Waals surface area contributed by atoms with E-state index in [2.05, 4.69) is 4.98 Å². The predicted molar refractivity (Wildman–Crippen MR) is 68.6 cm³/mol. The summed E-state index contributed by atoms with van der Waals surface area (Å²) in [6.07, 6.45) is 1.20. The minimum absolute atomic E-state index is 0.281. The molecule has 1 rings (SSSR count). The zero-order chi connectivity index (χ0) is 13.2. The van der Waals surface area contributed by atoms with Crippen molar-refractivity contribution in [2.24, 2.45) is 0 Å². The second-order valence-corrected chi connectivity index (χ2v) is 5.22. The first kappa shape index (κ1) is 13.8. The highest BCUT2D eigenvalue weighted by molar-refractivity contribution is 6.32. The fourth-order valence-corrected chi connectivity index (χ4v) is 1.43. The fraction of sp³-hybridized carbons (Fsp3) is 0.500. The number of hydrogen-bond donors (Lipinski definition) is 0. The Labute approximate surface area is 107 Å². The number of halogens is 1. The lowest BCUT2D eigenvalue weighted by Crippen LogP contribution is -2.34. The molecule has 0 bridgehead atoms. The smallest absolute Gasteiger partial charge is 0.414 e. The largest absolute Gasteiger partial charge is 0.443 e. The van der Waals surface area contributed by atoms with E-state index in [0.29, 0.717) is 5.69 Å². The molecule has 17 heavy (non-hydrogen) atoms. The van der Waals surface area contributed by atoms with Crippen LogP contribution in [0.25, 0.3) is 0 Å². The van der Waals surface area contributed by atoms with Gasteiger partial charge >= 0.3 is 6.09 Å². The summed E-state index contributed by atoms with van der Waals surface area (Å²) in [5.74, 6) is 0. The number of amides is 1. The summed E-state index contributed by atoms with van der Waals surface area (Å²) < 4.78 is 5.25. The van der Waals surface area contributed by atoms with Crippen molar-refractivity contribution >= 4 is 23.4 Å². The first-order valence-electron chi connectivity index (χ1n) is 5.29. The number of aryl methyl sites for hydroxylation is 1. The van der Waals surface area contributed by atoms with Gasteiger partial charge in [-0.05, 0) is 39.3 Å². The Hall–Kier alpha value is -1.29. The van der Waals surface area contributed by atoms with Gasteiger partial charge in [-0.3, -0.25) is 4.90 Å². The average molecular weight is 257 g/mol. The molecule has 0 saturated heterocycles. The molecule has 1 aromatic heterocycles. The van der Waals surface area contributed by atoms with E-state index in [9.17, 15) is 4.79 Å². The topological polar surface area (TPSA) is 42.4 Å². The Morgan fingerprint density at radius 2 is 2.06 bits per heavy atom.